The quantitative estimate of drug-likeness (QED) is 0.635. The second-order valence-corrected chi connectivity index (χ2v) is 5.93. The number of aromatic nitrogens is 2. The molecule has 0 N–H and O–H groups in total. The van der Waals surface area contributed by atoms with Crippen LogP contribution < -0.4 is 0 Å². The van der Waals surface area contributed by atoms with Crippen molar-refractivity contribution in [3.63, 3.8) is 0 Å². The van der Waals surface area contributed by atoms with Gasteiger partial charge in [-0.05, 0) is 37.6 Å². The van der Waals surface area contributed by atoms with E-state index in [1.807, 2.05) is 19.9 Å². The third kappa shape index (κ3) is 2.71. The molecule has 0 aromatic carbocycles. The predicted molar refractivity (Wildman–Crippen MR) is 75.4 cm³/mol. The first kappa shape index (κ1) is 13.1. The first-order valence-corrected chi connectivity index (χ1v) is 6.65. The summed E-state index contributed by atoms with van der Waals surface area (Å²) in [7, 11) is 1.73. The Morgan fingerprint density at radius 3 is 2.72 bits per heavy atom. The second-order valence-electron chi connectivity index (χ2n) is 4.07. The minimum Gasteiger partial charge on any atom is -0.287 e. The number of rotatable bonds is 3. The molecule has 0 amide bonds. The van der Waals surface area contributed by atoms with Gasteiger partial charge in [0.05, 0.1) is 5.02 Å². The Labute approximate surface area is 115 Å². The molecule has 0 fully saturated rings. The predicted octanol–water partition coefficient (Wildman–Crippen LogP) is 3.65. The van der Waals surface area contributed by atoms with Crippen LogP contribution in [0.4, 0.5) is 0 Å². The Hall–Kier alpha value is -1.39. The number of carbonyl (C=O) groups excluding carboxylic acids is 1. The lowest BCUT2D eigenvalue weighted by Gasteiger charge is -1.91. The number of allylic oxidation sites excluding steroid dienone is 1. The molecule has 0 atom stereocenters. The SMILES string of the molecule is Cc1cc(/C=C/C(=O)c2nn(C)cc2Cl)c(C)s1. The standard InChI is InChI=1S/C13H13ClN2OS/c1-8-6-10(9(2)18-8)4-5-12(17)13-11(14)7-16(3)15-13/h4-7H,1-3H3/b5-4+. The first-order chi connectivity index (χ1) is 8.47. The minimum atomic E-state index is -0.177. The first-order valence-electron chi connectivity index (χ1n) is 5.46. The van der Waals surface area contributed by atoms with E-state index in [0.717, 1.165) is 5.56 Å². The molecule has 2 aromatic rings. The Morgan fingerprint density at radius 1 is 1.50 bits per heavy atom. The van der Waals surface area contributed by atoms with Crippen molar-refractivity contribution in [2.24, 2.45) is 7.05 Å². The van der Waals surface area contributed by atoms with E-state index in [-0.39, 0.29) is 5.78 Å². The van der Waals surface area contributed by atoms with Crippen LogP contribution in [0.25, 0.3) is 6.08 Å². The van der Waals surface area contributed by atoms with E-state index < -0.39 is 0 Å². The molecule has 18 heavy (non-hydrogen) atoms. The lowest BCUT2D eigenvalue weighted by molar-refractivity contribution is 0.104. The molecule has 0 aliphatic rings. The smallest absolute Gasteiger partial charge is 0.207 e. The Kier molecular flexibility index (Phi) is 3.68. The van der Waals surface area contributed by atoms with Crippen molar-refractivity contribution in [2.75, 3.05) is 0 Å². The van der Waals surface area contributed by atoms with Gasteiger partial charge < -0.3 is 0 Å². The second kappa shape index (κ2) is 5.08. The van der Waals surface area contributed by atoms with Gasteiger partial charge in [-0.15, -0.1) is 11.3 Å². The minimum absolute atomic E-state index is 0.177. The molecular weight excluding hydrogens is 268 g/mol. The molecular formula is C13H13ClN2OS. The molecule has 3 nitrogen and oxygen atoms in total. The summed E-state index contributed by atoms with van der Waals surface area (Å²) in [5, 5.41) is 4.42. The number of carbonyl (C=O) groups is 1. The Balaban J connectivity index is 2.22. The highest BCUT2D eigenvalue weighted by atomic mass is 35.5. The molecule has 2 heterocycles. The number of hydrogen-bond donors (Lipinski definition) is 0. The summed E-state index contributed by atoms with van der Waals surface area (Å²) in [5.74, 6) is -0.177. The van der Waals surface area contributed by atoms with Crippen molar-refractivity contribution in [3.8, 4) is 0 Å². The van der Waals surface area contributed by atoms with Crippen LogP contribution in [0.3, 0.4) is 0 Å². The highest BCUT2D eigenvalue weighted by Gasteiger charge is 2.11. The van der Waals surface area contributed by atoms with Crippen molar-refractivity contribution in [1.29, 1.82) is 0 Å². The number of aryl methyl sites for hydroxylation is 3. The third-order valence-corrected chi connectivity index (χ3v) is 3.77. The van der Waals surface area contributed by atoms with Crippen LogP contribution in [0.15, 0.2) is 18.3 Å². The fourth-order valence-corrected chi connectivity index (χ4v) is 2.87. The van der Waals surface area contributed by atoms with Crippen LogP contribution in [0.1, 0.15) is 25.8 Å². The van der Waals surface area contributed by atoms with Crippen LogP contribution in [0.5, 0.6) is 0 Å². The lowest BCUT2D eigenvalue weighted by atomic mass is 10.2. The summed E-state index contributed by atoms with van der Waals surface area (Å²) in [4.78, 5) is 14.4. The van der Waals surface area contributed by atoms with Crippen LogP contribution >= 0.6 is 22.9 Å². The van der Waals surface area contributed by atoms with Crippen LogP contribution in [0.2, 0.25) is 5.02 Å². The van der Waals surface area contributed by atoms with Crippen LogP contribution in [-0.2, 0) is 7.05 Å². The van der Waals surface area contributed by atoms with Gasteiger partial charge in [0, 0.05) is 23.0 Å². The average molecular weight is 281 g/mol. The number of nitrogens with zero attached hydrogens (tertiary/aromatic N) is 2. The van der Waals surface area contributed by atoms with E-state index in [2.05, 4.69) is 11.2 Å². The monoisotopic (exact) mass is 280 g/mol. The zero-order valence-electron chi connectivity index (χ0n) is 10.4. The van der Waals surface area contributed by atoms with E-state index >= 15 is 0 Å². The fraction of sp³-hybridized carbons (Fsp3) is 0.231. The highest BCUT2D eigenvalue weighted by molar-refractivity contribution is 7.12. The van der Waals surface area contributed by atoms with Gasteiger partial charge in [-0.3, -0.25) is 9.48 Å². The maximum absolute atomic E-state index is 11.9. The largest absolute Gasteiger partial charge is 0.287 e. The van der Waals surface area contributed by atoms with Crippen LogP contribution in [-0.4, -0.2) is 15.6 Å². The normalized spacial score (nSPS) is 11.3. The summed E-state index contributed by atoms with van der Waals surface area (Å²) in [6.45, 7) is 4.09. The number of halogens is 1. The average Bonchev–Trinajstić information content (AvgIpc) is 2.78. The topological polar surface area (TPSA) is 34.9 Å². The lowest BCUT2D eigenvalue weighted by Crippen LogP contribution is -1.98. The van der Waals surface area contributed by atoms with Crippen molar-refractivity contribution < 1.29 is 4.79 Å². The van der Waals surface area contributed by atoms with Gasteiger partial charge in [0.25, 0.3) is 0 Å². The van der Waals surface area contributed by atoms with Crippen molar-refractivity contribution >= 4 is 34.8 Å². The molecule has 2 rings (SSSR count). The molecule has 0 saturated heterocycles. The number of thiophene rings is 1. The molecule has 0 saturated carbocycles. The summed E-state index contributed by atoms with van der Waals surface area (Å²) < 4.78 is 1.53. The molecule has 2 aromatic heterocycles. The highest BCUT2D eigenvalue weighted by Crippen LogP contribution is 2.22. The third-order valence-electron chi connectivity index (χ3n) is 2.51. The summed E-state index contributed by atoms with van der Waals surface area (Å²) in [6, 6.07) is 2.06. The number of ketones is 1. The summed E-state index contributed by atoms with van der Waals surface area (Å²) >= 11 is 7.64. The Morgan fingerprint density at radius 2 is 2.22 bits per heavy atom. The van der Waals surface area contributed by atoms with Gasteiger partial charge in [0.2, 0.25) is 5.78 Å². The van der Waals surface area contributed by atoms with Crippen LogP contribution in [0, 0.1) is 13.8 Å². The molecule has 0 unspecified atom stereocenters. The van der Waals surface area contributed by atoms with E-state index in [9.17, 15) is 4.79 Å². The molecule has 0 spiro atoms. The molecule has 94 valence electrons. The molecule has 0 aliphatic carbocycles. The van der Waals surface area contributed by atoms with E-state index in [0.29, 0.717) is 10.7 Å². The van der Waals surface area contributed by atoms with Crippen molar-refractivity contribution in [3.05, 3.63) is 44.4 Å². The fourth-order valence-electron chi connectivity index (χ4n) is 1.69. The Bertz CT molecular complexity index is 625. The van der Waals surface area contributed by atoms with Gasteiger partial charge in [0.15, 0.2) is 5.69 Å². The molecule has 0 bridgehead atoms. The van der Waals surface area contributed by atoms with Gasteiger partial charge in [-0.2, -0.15) is 5.10 Å². The summed E-state index contributed by atoms with van der Waals surface area (Å²) in [5.41, 5.74) is 1.36. The van der Waals surface area contributed by atoms with Gasteiger partial charge in [-0.25, -0.2) is 0 Å². The van der Waals surface area contributed by atoms with Gasteiger partial charge in [0.1, 0.15) is 0 Å². The zero-order chi connectivity index (χ0) is 13.3. The van der Waals surface area contributed by atoms with E-state index in [1.54, 1.807) is 24.6 Å². The van der Waals surface area contributed by atoms with Crippen molar-refractivity contribution in [1.82, 2.24) is 9.78 Å². The number of hydrogen-bond acceptors (Lipinski definition) is 3. The van der Waals surface area contributed by atoms with Gasteiger partial charge >= 0.3 is 0 Å². The molecule has 0 aliphatic heterocycles. The van der Waals surface area contributed by atoms with Crippen molar-refractivity contribution in [2.45, 2.75) is 13.8 Å². The summed E-state index contributed by atoms with van der Waals surface area (Å²) in [6.07, 6.45) is 4.94. The maximum atomic E-state index is 11.9. The maximum Gasteiger partial charge on any atom is 0.207 e. The van der Waals surface area contributed by atoms with E-state index in [1.165, 1.54) is 20.5 Å². The molecule has 5 heteroatoms. The molecule has 0 radical (unpaired) electrons. The van der Waals surface area contributed by atoms with E-state index in [4.69, 9.17) is 11.6 Å². The van der Waals surface area contributed by atoms with Gasteiger partial charge in [-0.1, -0.05) is 11.6 Å². The zero-order valence-corrected chi connectivity index (χ0v) is 12.0.